The zero-order chi connectivity index (χ0) is 15.4. The summed E-state index contributed by atoms with van der Waals surface area (Å²) in [5.74, 6) is 0. The number of hydrogen-bond donors (Lipinski definition) is 4. The topological polar surface area (TPSA) is 77.2 Å². The third kappa shape index (κ3) is 2.66. The lowest BCUT2D eigenvalue weighted by Crippen LogP contribution is -2.50. The molecule has 0 aliphatic carbocycles. The second-order valence-electron chi connectivity index (χ2n) is 5.07. The van der Waals surface area contributed by atoms with Gasteiger partial charge in [0.2, 0.25) is 0 Å². The van der Waals surface area contributed by atoms with Crippen LogP contribution in [0, 0.1) is 5.41 Å². The van der Waals surface area contributed by atoms with E-state index in [1.165, 1.54) is 6.34 Å². The van der Waals surface area contributed by atoms with Gasteiger partial charge < -0.3 is 16.1 Å². The zero-order valence-electron chi connectivity index (χ0n) is 12.2. The Morgan fingerprint density at radius 3 is 2.32 bits per heavy atom. The van der Waals surface area contributed by atoms with Gasteiger partial charge in [-0.3, -0.25) is 10.8 Å². The molecular formula is C17H19N5. The molecule has 5 heteroatoms. The highest BCUT2D eigenvalue weighted by Gasteiger charge is 2.12. The van der Waals surface area contributed by atoms with Crippen LogP contribution in [0.3, 0.4) is 0 Å². The number of fused-ring (bicyclic) bond motifs is 1. The maximum atomic E-state index is 7.39. The molecule has 112 valence electrons. The average molecular weight is 293 g/mol. The van der Waals surface area contributed by atoms with Crippen molar-refractivity contribution in [2.75, 3.05) is 13.2 Å². The molecule has 3 rings (SSSR count). The van der Waals surface area contributed by atoms with Gasteiger partial charge in [-0.25, -0.2) is 0 Å². The monoisotopic (exact) mass is 293 g/mol. The molecule has 0 saturated heterocycles. The smallest absolute Gasteiger partial charge is 0.0831 e. The molecule has 0 spiro atoms. The lowest BCUT2D eigenvalue weighted by Gasteiger charge is -2.25. The molecule has 1 aliphatic heterocycles. The highest BCUT2D eigenvalue weighted by Crippen LogP contribution is 2.08. The minimum Gasteiger partial charge on any atom is -0.345 e. The Balaban J connectivity index is 2.17. The summed E-state index contributed by atoms with van der Waals surface area (Å²) in [6.45, 7) is 0.873. The van der Waals surface area contributed by atoms with Crippen molar-refractivity contribution < 1.29 is 0 Å². The van der Waals surface area contributed by atoms with Gasteiger partial charge in [-0.05, 0) is 0 Å². The van der Waals surface area contributed by atoms with Crippen molar-refractivity contribution in [1.29, 1.82) is 5.41 Å². The summed E-state index contributed by atoms with van der Waals surface area (Å²) in [5, 5.41) is 9.66. The van der Waals surface area contributed by atoms with E-state index in [1.807, 2.05) is 30.3 Å². The number of hydrogen-bond acceptors (Lipinski definition) is 4. The molecule has 1 aliphatic rings. The van der Waals surface area contributed by atoms with Crippen LogP contribution in [0.25, 0.3) is 11.4 Å². The molecule has 1 heterocycles. The van der Waals surface area contributed by atoms with Crippen LogP contribution in [0.2, 0.25) is 0 Å². The molecule has 2 aromatic carbocycles. The van der Waals surface area contributed by atoms with Gasteiger partial charge in [-0.2, -0.15) is 0 Å². The van der Waals surface area contributed by atoms with E-state index in [9.17, 15) is 0 Å². The molecule has 0 saturated carbocycles. The van der Waals surface area contributed by atoms with E-state index in [0.717, 1.165) is 27.4 Å². The maximum Gasteiger partial charge on any atom is 0.0831 e. The number of nitrogens with two attached hydrogens (primary N) is 1. The predicted molar refractivity (Wildman–Crippen MR) is 88.9 cm³/mol. The van der Waals surface area contributed by atoms with Crippen LogP contribution in [0.15, 0.2) is 54.6 Å². The quantitative estimate of drug-likeness (QED) is 0.352. The van der Waals surface area contributed by atoms with Gasteiger partial charge >= 0.3 is 0 Å². The van der Waals surface area contributed by atoms with Gasteiger partial charge in [0.15, 0.2) is 0 Å². The Hall–Kier alpha value is -2.79. The van der Waals surface area contributed by atoms with Crippen LogP contribution in [0.5, 0.6) is 0 Å². The molecular weight excluding hydrogens is 274 g/mol. The van der Waals surface area contributed by atoms with Gasteiger partial charge in [-0.1, -0.05) is 54.6 Å². The summed E-state index contributed by atoms with van der Waals surface area (Å²) >= 11 is 0. The third-order valence-electron chi connectivity index (χ3n) is 3.70. The molecule has 5 nitrogen and oxygen atoms in total. The third-order valence-corrected chi connectivity index (χ3v) is 3.70. The van der Waals surface area contributed by atoms with Crippen molar-refractivity contribution in [1.82, 2.24) is 15.8 Å². The number of nitrogens with zero attached hydrogens (tertiary/aromatic N) is 1. The molecule has 0 radical (unpaired) electrons. The van der Waals surface area contributed by atoms with Crippen LogP contribution in [0.4, 0.5) is 0 Å². The summed E-state index contributed by atoms with van der Waals surface area (Å²) in [4.78, 5) is 1.73. The summed E-state index contributed by atoms with van der Waals surface area (Å²) in [6, 6.07) is 18.4. The Kier molecular flexibility index (Phi) is 4.07. The van der Waals surface area contributed by atoms with Crippen molar-refractivity contribution in [3.8, 4) is 0 Å². The second-order valence-corrected chi connectivity index (χ2v) is 5.07. The first-order chi connectivity index (χ1) is 10.8. The maximum absolute atomic E-state index is 7.39. The molecule has 0 amide bonds. The normalized spacial score (nSPS) is 13.0. The number of benzene rings is 2. The molecule has 2 aromatic rings. The van der Waals surface area contributed by atoms with Crippen molar-refractivity contribution in [3.63, 3.8) is 0 Å². The Morgan fingerprint density at radius 2 is 1.64 bits per heavy atom. The molecule has 0 fully saturated rings. The number of rotatable bonds is 5. The summed E-state index contributed by atoms with van der Waals surface area (Å²) in [7, 11) is 0. The Morgan fingerprint density at radius 1 is 0.955 bits per heavy atom. The van der Waals surface area contributed by atoms with E-state index in [0.29, 0.717) is 13.2 Å². The summed E-state index contributed by atoms with van der Waals surface area (Å²) in [6.07, 6.45) is 1.26. The Bertz CT molecular complexity index is 782. The Labute approximate surface area is 129 Å². The first-order valence-corrected chi connectivity index (χ1v) is 7.18. The van der Waals surface area contributed by atoms with Gasteiger partial charge in [-0.15, -0.1) is 0 Å². The van der Waals surface area contributed by atoms with Gasteiger partial charge in [0.05, 0.1) is 30.9 Å². The SMILES string of the molecule is N=CN(CN)CC1=c2ccccc2=C(c2ccccc2)NN1. The van der Waals surface area contributed by atoms with Gasteiger partial charge in [0.1, 0.15) is 0 Å². The van der Waals surface area contributed by atoms with Crippen LogP contribution < -0.4 is 27.0 Å². The molecule has 0 unspecified atom stereocenters. The lowest BCUT2D eigenvalue weighted by molar-refractivity contribution is 0.481. The van der Waals surface area contributed by atoms with E-state index < -0.39 is 0 Å². The van der Waals surface area contributed by atoms with Crippen molar-refractivity contribution in [2.24, 2.45) is 5.73 Å². The fourth-order valence-electron chi connectivity index (χ4n) is 2.56. The number of hydrazine groups is 1. The standard InChI is InChI=1S/C17H19N5/c18-11-22(12-19)10-16-14-8-4-5-9-15(14)17(21-20-16)13-6-2-1-3-7-13/h1-9,11,18,20-21H,10,12,19H2. The summed E-state index contributed by atoms with van der Waals surface area (Å²) < 4.78 is 0. The molecule has 0 bridgehead atoms. The van der Waals surface area contributed by atoms with E-state index in [-0.39, 0.29) is 0 Å². The first-order valence-electron chi connectivity index (χ1n) is 7.18. The molecule has 0 aromatic heterocycles. The van der Waals surface area contributed by atoms with Crippen molar-refractivity contribution >= 4 is 17.7 Å². The lowest BCUT2D eigenvalue weighted by atomic mass is 10.1. The fourth-order valence-corrected chi connectivity index (χ4v) is 2.56. The average Bonchev–Trinajstić information content (AvgIpc) is 2.60. The van der Waals surface area contributed by atoms with Crippen molar-refractivity contribution in [2.45, 2.75) is 0 Å². The van der Waals surface area contributed by atoms with E-state index in [2.05, 4.69) is 35.1 Å². The summed E-state index contributed by atoms with van der Waals surface area (Å²) in [5.41, 5.74) is 15.4. The van der Waals surface area contributed by atoms with Crippen molar-refractivity contribution in [3.05, 3.63) is 70.6 Å². The van der Waals surface area contributed by atoms with E-state index in [4.69, 9.17) is 11.1 Å². The highest BCUT2D eigenvalue weighted by atomic mass is 15.4. The van der Waals surface area contributed by atoms with Crippen LogP contribution in [-0.4, -0.2) is 24.5 Å². The van der Waals surface area contributed by atoms with E-state index in [1.54, 1.807) is 4.90 Å². The van der Waals surface area contributed by atoms with E-state index >= 15 is 0 Å². The number of nitrogens with one attached hydrogen (secondary N) is 3. The van der Waals surface area contributed by atoms with Crippen LogP contribution in [-0.2, 0) is 0 Å². The zero-order valence-corrected chi connectivity index (χ0v) is 12.2. The predicted octanol–water partition coefficient (Wildman–Crippen LogP) is -0.116. The molecule has 0 atom stereocenters. The molecule has 5 N–H and O–H groups in total. The molecule has 22 heavy (non-hydrogen) atoms. The highest BCUT2D eigenvalue weighted by molar-refractivity contribution is 5.68. The minimum atomic E-state index is 0.312. The first kappa shape index (κ1) is 14.2. The largest absolute Gasteiger partial charge is 0.345 e. The minimum absolute atomic E-state index is 0.312. The van der Waals surface area contributed by atoms with Crippen LogP contribution >= 0.6 is 0 Å². The second kappa shape index (κ2) is 6.32. The fraction of sp³-hybridized carbons (Fsp3) is 0.118. The van der Waals surface area contributed by atoms with Crippen LogP contribution in [0.1, 0.15) is 5.56 Å². The van der Waals surface area contributed by atoms with Gasteiger partial charge in [0.25, 0.3) is 0 Å². The van der Waals surface area contributed by atoms with Gasteiger partial charge in [0, 0.05) is 16.0 Å².